The number of amides is 2. The molecule has 2 amide bonds. The number of rotatable bonds is 21. The molecule has 15 heteroatoms. The maximum absolute atomic E-state index is 14.0. The molecule has 258 valence electrons. The Hall–Kier alpha value is -3.28. The molecule has 1 aromatic carbocycles. The molecule has 13 nitrogen and oxygen atoms in total. The SMILES string of the molecule is CCOC(=O)CCC(=O)O[C@](C)(CI)C(=O)[C@H](Cc1ccccc1)NC(=O)[C@H](COC)CC(=O)[C@H](COC)NC(=O)c1cnc(C)s1. The fourth-order valence-corrected chi connectivity index (χ4v) is 5.70. The molecule has 2 rings (SSSR count). The molecule has 0 saturated heterocycles. The Morgan fingerprint density at radius 3 is 2.19 bits per heavy atom. The van der Waals surface area contributed by atoms with Crippen molar-refractivity contribution < 1.29 is 47.7 Å². The van der Waals surface area contributed by atoms with E-state index in [2.05, 4.69) is 15.6 Å². The minimum Gasteiger partial charge on any atom is -0.466 e. The lowest BCUT2D eigenvalue weighted by Gasteiger charge is -2.31. The molecule has 0 saturated carbocycles. The molecule has 0 fully saturated rings. The van der Waals surface area contributed by atoms with Crippen LogP contribution in [0.4, 0.5) is 0 Å². The van der Waals surface area contributed by atoms with Gasteiger partial charge in [-0.15, -0.1) is 11.3 Å². The van der Waals surface area contributed by atoms with Crippen LogP contribution >= 0.6 is 33.9 Å². The van der Waals surface area contributed by atoms with E-state index in [1.165, 1.54) is 38.7 Å². The maximum Gasteiger partial charge on any atom is 0.307 e. The van der Waals surface area contributed by atoms with Crippen molar-refractivity contribution in [2.45, 2.75) is 64.1 Å². The average Bonchev–Trinajstić information content (AvgIpc) is 3.49. The van der Waals surface area contributed by atoms with Crippen molar-refractivity contribution in [2.24, 2.45) is 5.92 Å². The van der Waals surface area contributed by atoms with Gasteiger partial charge < -0.3 is 29.6 Å². The minimum absolute atomic E-state index is 0.0631. The largest absolute Gasteiger partial charge is 0.466 e. The van der Waals surface area contributed by atoms with Crippen molar-refractivity contribution >= 4 is 69.2 Å². The number of nitrogens with one attached hydrogen (secondary N) is 2. The number of aryl methyl sites for hydroxylation is 1. The summed E-state index contributed by atoms with van der Waals surface area (Å²) in [6.45, 7) is 4.74. The topological polar surface area (TPSA) is 176 Å². The third-order valence-electron chi connectivity index (χ3n) is 6.93. The summed E-state index contributed by atoms with van der Waals surface area (Å²) in [6, 6.07) is 6.76. The first-order valence-corrected chi connectivity index (χ1v) is 17.3. The number of thiazole rings is 1. The minimum atomic E-state index is -1.64. The number of hydrogen-bond acceptors (Lipinski definition) is 12. The van der Waals surface area contributed by atoms with Crippen molar-refractivity contribution in [3.05, 3.63) is 52.0 Å². The molecule has 2 N–H and O–H groups in total. The van der Waals surface area contributed by atoms with Crippen molar-refractivity contribution in [3.63, 3.8) is 0 Å². The number of aromatic nitrogens is 1. The molecule has 1 heterocycles. The zero-order valence-corrected chi connectivity index (χ0v) is 30.1. The first-order chi connectivity index (χ1) is 22.4. The van der Waals surface area contributed by atoms with Gasteiger partial charge in [0.15, 0.2) is 17.2 Å². The zero-order chi connectivity index (χ0) is 35.0. The van der Waals surface area contributed by atoms with Gasteiger partial charge in [0.2, 0.25) is 5.91 Å². The van der Waals surface area contributed by atoms with Crippen LogP contribution in [-0.4, -0.2) is 96.5 Å². The number of Topliss-reactive ketones (excluding diaryl/α,β-unsaturated/α-hetero) is 2. The average molecular weight is 788 g/mol. The van der Waals surface area contributed by atoms with Crippen molar-refractivity contribution in [1.82, 2.24) is 15.6 Å². The molecule has 0 radical (unpaired) electrons. The standard InChI is InChI=1S/C32H42IN3O10S/c1-6-45-27(38)12-13-28(39)46-32(3,19-33)29(40)23(14-21-10-8-7-9-11-21)35-30(41)22(17-43-4)15-25(37)24(18-44-5)36-31(42)26-16-34-20(2)47-26/h7-11,16,22-24H,6,12-15,17-19H2,1-5H3,(H,35,41)(H,36,42)/t22-,23-,24-,32+/m0/s1. The monoisotopic (exact) mass is 787 g/mol. The van der Waals surface area contributed by atoms with Crippen LogP contribution in [0.1, 0.15) is 53.4 Å². The Bertz CT molecular complexity index is 1370. The van der Waals surface area contributed by atoms with Crippen LogP contribution in [0, 0.1) is 12.8 Å². The molecule has 0 bridgehead atoms. The van der Waals surface area contributed by atoms with Gasteiger partial charge >= 0.3 is 11.9 Å². The highest BCUT2D eigenvalue weighted by Gasteiger charge is 2.42. The van der Waals surface area contributed by atoms with E-state index in [-0.39, 0.29) is 49.9 Å². The van der Waals surface area contributed by atoms with Gasteiger partial charge in [0, 0.05) is 25.1 Å². The quantitative estimate of drug-likeness (QED) is 0.108. The van der Waals surface area contributed by atoms with Crippen LogP contribution in [0.5, 0.6) is 0 Å². The van der Waals surface area contributed by atoms with E-state index in [4.69, 9.17) is 18.9 Å². The summed E-state index contributed by atoms with van der Waals surface area (Å²) in [6.07, 6.45) is 0.671. The highest BCUT2D eigenvalue weighted by molar-refractivity contribution is 14.1. The number of benzene rings is 1. The van der Waals surface area contributed by atoms with Crippen LogP contribution in [0.15, 0.2) is 36.5 Å². The van der Waals surface area contributed by atoms with E-state index >= 15 is 0 Å². The first kappa shape index (κ1) is 39.9. The summed E-state index contributed by atoms with van der Waals surface area (Å²) >= 11 is 3.10. The normalized spacial score (nSPS) is 14.2. The second-order valence-electron chi connectivity index (χ2n) is 10.8. The first-order valence-electron chi connectivity index (χ1n) is 14.9. The summed E-state index contributed by atoms with van der Waals surface area (Å²) in [4.78, 5) is 82.6. The summed E-state index contributed by atoms with van der Waals surface area (Å²) in [5.74, 6) is -4.54. The molecule has 0 unspecified atom stereocenters. The van der Waals surface area contributed by atoms with Crippen LogP contribution in [0.3, 0.4) is 0 Å². The van der Waals surface area contributed by atoms with Gasteiger partial charge in [-0.1, -0.05) is 52.9 Å². The van der Waals surface area contributed by atoms with Gasteiger partial charge in [-0.05, 0) is 32.8 Å². The summed E-state index contributed by atoms with van der Waals surface area (Å²) in [7, 11) is 2.76. The number of methoxy groups -OCH3 is 2. The third kappa shape index (κ3) is 13.0. The van der Waals surface area contributed by atoms with Crippen molar-refractivity contribution in [2.75, 3.05) is 38.5 Å². The number of ether oxygens (including phenoxy) is 4. The molecule has 0 aliphatic carbocycles. The lowest BCUT2D eigenvalue weighted by atomic mass is 9.91. The number of carbonyl (C=O) groups is 6. The summed E-state index contributed by atoms with van der Waals surface area (Å²) in [5.41, 5.74) is -0.912. The van der Waals surface area contributed by atoms with Crippen molar-refractivity contribution in [3.8, 4) is 0 Å². The molecule has 0 aliphatic rings. The molecule has 2 aromatic rings. The molecule has 47 heavy (non-hydrogen) atoms. The lowest BCUT2D eigenvalue weighted by Crippen LogP contribution is -2.55. The lowest BCUT2D eigenvalue weighted by molar-refractivity contribution is -0.165. The summed E-state index contributed by atoms with van der Waals surface area (Å²) < 4.78 is 20.9. The summed E-state index contributed by atoms with van der Waals surface area (Å²) in [5, 5.41) is 6.10. The fraction of sp³-hybridized carbons (Fsp3) is 0.531. The van der Waals surface area contributed by atoms with E-state index in [0.717, 1.165) is 5.56 Å². The Morgan fingerprint density at radius 1 is 0.957 bits per heavy atom. The molecule has 0 spiro atoms. The van der Waals surface area contributed by atoms with Gasteiger partial charge in [0.1, 0.15) is 10.9 Å². The van der Waals surface area contributed by atoms with E-state index in [0.29, 0.717) is 9.88 Å². The molecule has 1 aromatic heterocycles. The van der Waals surface area contributed by atoms with E-state index in [1.54, 1.807) is 38.1 Å². The number of nitrogens with zero attached hydrogens (tertiary/aromatic N) is 1. The fourth-order valence-electron chi connectivity index (χ4n) is 4.49. The molecule has 4 atom stereocenters. The van der Waals surface area contributed by atoms with Crippen LogP contribution in [0.2, 0.25) is 0 Å². The van der Waals surface area contributed by atoms with Gasteiger partial charge in [-0.3, -0.25) is 28.8 Å². The second-order valence-corrected chi connectivity index (χ2v) is 12.8. The van der Waals surface area contributed by atoms with Gasteiger partial charge in [0.25, 0.3) is 5.91 Å². The van der Waals surface area contributed by atoms with E-state index < -0.39 is 58.9 Å². The van der Waals surface area contributed by atoms with Crippen LogP contribution < -0.4 is 10.6 Å². The number of alkyl halides is 1. The van der Waals surface area contributed by atoms with Crippen LogP contribution in [-0.2, 0) is 49.3 Å². The highest BCUT2D eigenvalue weighted by Crippen LogP contribution is 2.22. The van der Waals surface area contributed by atoms with Crippen LogP contribution in [0.25, 0.3) is 0 Å². The Kier molecular flexibility index (Phi) is 17.1. The third-order valence-corrected chi connectivity index (χ3v) is 9.30. The number of hydrogen-bond donors (Lipinski definition) is 2. The molecular weight excluding hydrogens is 745 g/mol. The number of carbonyl (C=O) groups excluding carboxylic acids is 6. The number of esters is 2. The van der Waals surface area contributed by atoms with E-state index in [1.807, 2.05) is 28.7 Å². The predicted octanol–water partition coefficient (Wildman–Crippen LogP) is 2.79. The van der Waals surface area contributed by atoms with Crippen molar-refractivity contribution in [1.29, 1.82) is 0 Å². The maximum atomic E-state index is 14.0. The molecule has 0 aliphatic heterocycles. The van der Waals surface area contributed by atoms with Gasteiger partial charge in [-0.25, -0.2) is 4.98 Å². The Labute approximate surface area is 292 Å². The second kappa shape index (κ2) is 20.2. The zero-order valence-electron chi connectivity index (χ0n) is 27.2. The Morgan fingerprint density at radius 2 is 1.62 bits per heavy atom. The molecular formula is C32H42IN3O10S. The Balaban J connectivity index is 2.26. The van der Waals surface area contributed by atoms with Gasteiger partial charge in [-0.2, -0.15) is 0 Å². The smallest absolute Gasteiger partial charge is 0.307 e. The number of ketones is 2. The number of halogens is 1. The highest BCUT2D eigenvalue weighted by atomic mass is 127. The van der Waals surface area contributed by atoms with E-state index in [9.17, 15) is 28.8 Å². The predicted molar refractivity (Wildman–Crippen MR) is 181 cm³/mol. The van der Waals surface area contributed by atoms with Gasteiger partial charge in [0.05, 0.1) is 55.8 Å².